The van der Waals surface area contributed by atoms with Gasteiger partial charge in [-0.2, -0.15) is 0 Å². The Morgan fingerprint density at radius 3 is 3.00 bits per heavy atom. The van der Waals surface area contributed by atoms with E-state index in [1.165, 1.54) is 32.1 Å². The van der Waals surface area contributed by atoms with Gasteiger partial charge >= 0.3 is 0 Å². The molecule has 2 unspecified atom stereocenters. The van der Waals surface area contributed by atoms with Crippen molar-refractivity contribution >= 4 is 22.9 Å². The predicted octanol–water partition coefficient (Wildman–Crippen LogP) is 3.10. The molecule has 3 nitrogen and oxygen atoms in total. The number of hydrogen-bond donors (Lipinski definition) is 2. The Morgan fingerprint density at radius 2 is 2.22 bits per heavy atom. The number of nitrogens with one attached hydrogen (secondary N) is 1. The van der Waals surface area contributed by atoms with Gasteiger partial charge in [0.05, 0.1) is 11.9 Å². The first kappa shape index (κ1) is 13.3. The second-order valence-corrected chi connectivity index (χ2v) is 5.68. The van der Waals surface area contributed by atoms with Crippen molar-refractivity contribution in [1.82, 2.24) is 4.98 Å². The Balaban J connectivity index is 2.06. The van der Waals surface area contributed by atoms with Crippen molar-refractivity contribution < 1.29 is 0 Å². The molecule has 98 valence electrons. The van der Waals surface area contributed by atoms with Crippen LogP contribution in [0.2, 0.25) is 0 Å². The zero-order chi connectivity index (χ0) is 13.0. The average molecular weight is 263 g/mol. The molecule has 1 fully saturated rings. The molecule has 0 aromatic carbocycles. The van der Waals surface area contributed by atoms with E-state index in [0.717, 1.165) is 17.2 Å². The molecule has 0 amide bonds. The molecule has 1 aromatic rings. The molecule has 1 aliphatic rings. The fourth-order valence-electron chi connectivity index (χ4n) is 2.58. The van der Waals surface area contributed by atoms with E-state index in [2.05, 4.69) is 17.2 Å². The van der Waals surface area contributed by atoms with Gasteiger partial charge < -0.3 is 11.1 Å². The molecule has 0 aliphatic heterocycles. The highest BCUT2D eigenvalue weighted by Crippen LogP contribution is 2.25. The van der Waals surface area contributed by atoms with Crippen LogP contribution in [0.1, 0.15) is 44.6 Å². The van der Waals surface area contributed by atoms with E-state index in [9.17, 15) is 0 Å². The Morgan fingerprint density at radius 1 is 1.39 bits per heavy atom. The fraction of sp³-hybridized carbons (Fsp3) is 0.571. The topological polar surface area (TPSA) is 50.9 Å². The Labute approximate surface area is 114 Å². The lowest BCUT2D eigenvalue weighted by Crippen LogP contribution is -2.21. The molecule has 0 saturated heterocycles. The number of nitrogens with two attached hydrogens (primary N) is 1. The summed E-state index contributed by atoms with van der Waals surface area (Å²) in [4.78, 5) is 4.59. The first-order valence-electron chi connectivity index (χ1n) is 6.67. The Hall–Kier alpha value is -1.16. The maximum Gasteiger partial charge on any atom is 0.106 e. The van der Waals surface area contributed by atoms with Crippen LogP contribution in [0.25, 0.3) is 0 Å². The highest BCUT2D eigenvalue weighted by Gasteiger charge is 2.17. The Bertz CT molecular complexity index is 419. The van der Waals surface area contributed by atoms with Crippen LogP contribution in [-0.4, -0.2) is 16.0 Å². The summed E-state index contributed by atoms with van der Waals surface area (Å²) >= 11 is 5.07. The Kier molecular flexibility index (Phi) is 4.53. The third-order valence-electron chi connectivity index (χ3n) is 3.70. The quantitative estimate of drug-likeness (QED) is 0.650. The van der Waals surface area contributed by atoms with Gasteiger partial charge in [0.2, 0.25) is 0 Å². The van der Waals surface area contributed by atoms with Crippen molar-refractivity contribution in [2.45, 2.75) is 45.1 Å². The van der Waals surface area contributed by atoms with E-state index in [1.54, 1.807) is 6.20 Å². The van der Waals surface area contributed by atoms with Crippen LogP contribution in [0.15, 0.2) is 18.5 Å². The lowest BCUT2D eigenvalue weighted by atomic mass is 10.0. The predicted molar refractivity (Wildman–Crippen MR) is 79.8 cm³/mol. The molecule has 1 saturated carbocycles. The van der Waals surface area contributed by atoms with E-state index < -0.39 is 0 Å². The second-order valence-electron chi connectivity index (χ2n) is 5.24. The van der Waals surface area contributed by atoms with Crippen LogP contribution >= 0.6 is 12.2 Å². The summed E-state index contributed by atoms with van der Waals surface area (Å²) < 4.78 is 0. The van der Waals surface area contributed by atoms with E-state index >= 15 is 0 Å². The third kappa shape index (κ3) is 3.42. The number of nitrogens with zero attached hydrogens (tertiary/aromatic N) is 1. The van der Waals surface area contributed by atoms with Crippen molar-refractivity contribution in [2.75, 3.05) is 5.32 Å². The van der Waals surface area contributed by atoms with Gasteiger partial charge in [0.1, 0.15) is 4.99 Å². The molecule has 1 aromatic heterocycles. The van der Waals surface area contributed by atoms with Crippen LogP contribution in [-0.2, 0) is 0 Å². The van der Waals surface area contributed by atoms with Crippen LogP contribution in [0.3, 0.4) is 0 Å². The minimum absolute atomic E-state index is 0.432. The van der Waals surface area contributed by atoms with Gasteiger partial charge in [0.25, 0.3) is 0 Å². The zero-order valence-electron chi connectivity index (χ0n) is 10.9. The number of aromatic nitrogens is 1. The molecule has 2 atom stereocenters. The molecule has 4 heteroatoms. The molecule has 0 bridgehead atoms. The molecular weight excluding hydrogens is 242 g/mol. The lowest BCUT2D eigenvalue weighted by molar-refractivity contribution is 0.502. The fourth-order valence-corrected chi connectivity index (χ4v) is 2.75. The van der Waals surface area contributed by atoms with Gasteiger partial charge in [-0.1, -0.05) is 32.0 Å². The van der Waals surface area contributed by atoms with Crippen LogP contribution in [0, 0.1) is 5.92 Å². The van der Waals surface area contributed by atoms with Gasteiger partial charge in [-0.25, -0.2) is 0 Å². The highest BCUT2D eigenvalue weighted by atomic mass is 32.1. The van der Waals surface area contributed by atoms with Crippen molar-refractivity contribution in [3.63, 3.8) is 0 Å². The van der Waals surface area contributed by atoms with Crippen molar-refractivity contribution in [3.8, 4) is 0 Å². The normalized spacial score (nSPS) is 24.3. The van der Waals surface area contributed by atoms with Crippen molar-refractivity contribution in [3.05, 3.63) is 24.0 Å². The van der Waals surface area contributed by atoms with Gasteiger partial charge in [-0.3, -0.25) is 4.98 Å². The van der Waals surface area contributed by atoms with Crippen molar-refractivity contribution in [2.24, 2.45) is 11.7 Å². The summed E-state index contributed by atoms with van der Waals surface area (Å²) in [6.45, 7) is 2.34. The van der Waals surface area contributed by atoms with E-state index in [0.29, 0.717) is 11.0 Å². The zero-order valence-corrected chi connectivity index (χ0v) is 11.7. The average Bonchev–Trinajstić information content (AvgIpc) is 2.55. The number of anilines is 1. The summed E-state index contributed by atoms with van der Waals surface area (Å²) in [6, 6.07) is 2.40. The number of pyridine rings is 1. The smallest absolute Gasteiger partial charge is 0.106 e. The molecule has 0 spiro atoms. The number of rotatable bonds is 3. The van der Waals surface area contributed by atoms with E-state index in [-0.39, 0.29) is 0 Å². The van der Waals surface area contributed by atoms with Gasteiger partial charge in [0, 0.05) is 17.8 Å². The summed E-state index contributed by atoms with van der Waals surface area (Å²) in [5.74, 6) is 0.848. The van der Waals surface area contributed by atoms with Gasteiger partial charge in [-0.05, 0) is 31.2 Å². The first-order valence-corrected chi connectivity index (χ1v) is 7.08. The van der Waals surface area contributed by atoms with Gasteiger partial charge in [-0.15, -0.1) is 0 Å². The van der Waals surface area contributed by atoms with E-state index in [1.807, 2.05) is 12.3 Å². The first-order chi connectivity index (χ1) is 8.66. The minimum Gasteiger partial charge on any atom is -0.389 e. The van der Waals surface area contributed by atoms with Crippen LogP contribution in [0.4, 0.5) is 5.69 Å². The number of hydrogen-bond acceptors (Lipinski definition) is 3. The maximum atomic E-state index is 5.74. The molecule has 0 radical (unpaired) electrons. The molecule has 18 heavy (non-hydrogen) atoms. The van der Waals surface area contributed by atoms with E-state index in [4.69, 9.17) is 18.0 Å². The second kappa shape index (κ2) is 6.14. The van der Waals surface area contributed by atoms with Crippen LogP contribution in [0.5, 0.6) is 0 Å². The third-order valence-corrected chi connectivity index (χ3v) is 3.92. The summed E-state index contributed by atoms with van der Waals surface area (Å²) in [6.07, 6.45) is 9.91. The monoisotopic (exact) mass is 263 g/mol. The van der Waals surface area contributed by atoms with Crippen LogP contribution < -0.4 is 11.1 Å². The number of thiocarbonyl (C=S) groups is 1. The minimum atomic E-state index is 0.432. The summed E-state index contributed by atoms with van der Waals surface area (Å²) in [7, 11) is 0. The molecule has 1 aliphatic carbocycles. The SMILES string of the molecule is CC1CCCC(Nc2cnccc2C(N)=S)CC1. The molecule has 3 N–H and O–H groups in total. The summed E-state index contributed by atoms with van der Waals surface area (Å²) in [5, 5.41) is 3.56. The lowest BCUT2D eigenvalue weighted by Gasteiger charge is -2.19. The molecule has 2 rings (SSSR count). The summed E-state index contributed by atoms with van der Waals surface area (Å²) in [5.41, 5.74) is 7.61. The largest absolute Gasteiger partial charge is 0.389 e. The molecular formula is C14H21N3S. The maximum absolute atomic E-state index is 5.74. The molecule has 1 heterocycles. The standard InChI is InChI=1S/C14H21N3S/c1-10-3-2-4-11(6-5-10)17-13-9-16-8-7-12(13)14(15)18/h7-11,17H,2-6H2,1H3,(H2,15,18). The van der Waals surface area contributed by atoms with Gasteiger partial charge in [0.15, 0.2) is 0 Å². The highest BCUT2D eigenvalue weighted by molar-refractivity contribution is 7.80. The van der Waals surface area contributed by atoms with Crippen molar-refractivity contribution in [1.29, 1.82) is 0 Å².